The van der Waals surface area contributed by atoms with E-state index in [4.69, 9.17) is 24.4 Å². The number of para-hydroxylation sites is 4. The third kappa shape index (κ3) is 5.36. The van der Waals surface area contributed by atoms with E-state index in [0.717, 1.165) is 82.8 Å². The summed E-state index contributed by atoms with van der Waals surface area (Å²) in [4.78, 5) is 20.2. The lowest BCUT2D eigenvalue weighted by Gasteiger charge is -2.14. The van der Waals surface area contributed by atoms with Crippen LogP contribution in [0.5, 0.6) is 0 Å². The Morgan fingerprint density at radius 3 is 1.56 bits per heavy atom. The van der Waals surface area contributed by atoms with Gasteiger partial charge in [-0.25, -0.2) is 9.97 Å². The average Bonchev–Trinajstić information content (AvgIpc) is 4.00. The SMILES string of the molecule is c1ccc(-c2nc(-c3ccccc3)nc(-n3c4ccccc4c4ccc5c6ccccc6n(-c6cccc(-c7ccc(-c8nc9ccccc9o8)cc7)c6)c5c43)n2)cc1. The summed E-state index contributed by atoms with van der Waals surface area (Å²) in [6.45, 7) is 0. The monoisotopic (exact) mass is 756 g/mol. The fourth-order valence-electron chi connectivity index (χ4n) is 8.50. The predicted molar refractivity (Wildman–Crippen MR) is 238 cm³/mol. The van der Waals surface area contributed by atoms with Gasteiger partial charge in [-0.2, -0.15) is 9.97 Å². The van der Waals surface area contributed by atoms with Crippen molar-refractivity contribution in [3.8, 4) is 57.0 Å². The smallest absolute Gasteiger partial charge is 0.238 e. The Balaban J connectivity index is 1.10. The lowest BCUT2D eigenvalue weighted by molar-refractivity contribution is 0.620. The van der Waals surface area contributed by atoms with Crippen molar-refractivity contribution in [2.75, 3.05) is 0 Å². The van der Waals surface area contributed by atoms with Crippen molar-refractivity contribution in [3.05, 3.63) is 194 Å². The molecule has 0 aliphatic rings. The molecule has 0 fully saturated rings. The largest absolute Gasteiger partial charge is 0.436 e. The Kier molecular flexibility index (Phi) is 7.40. The van der Waals surface area contributed by atoms with Gasteiger partial charge in [0.15, 0.2) is 17.2 Å². The molecule has 8 aromatic carbocycles. The van der Waals surface area contributed by atoms with Crippen molar-refractivity contribution in [1.29, 1.82) is 0 Å². The van der Waals surface area contributed by atoms with Gasteiger partial charge < -0.3 is 8.98 Å². The van der Waals surface area contributed by atoms with Crippen molar-refractivity contribution in [1.82, 2.24) is 29.1 Å². The van der Waals surface area contributed by atoms with Gasteiger partial charge in [0, 0.05) is 43.9 Å². The molecule has 0 saturated heterocycles. The van der Waals surface area contributed by atoms with Gasteiger partial charge in [0.25, 0.3) is 0 Å². The molecule has 59 heavy (non-hydrogen) atoms. The Bertz CT molecular complexity index is 3460. The Morgan fingerprint density at radius 2 is 0.898 bits per heavy atom. The molecular weight excluding hydrogens is 725 g/mol. The van der Waals surface area contributed by atoms with E-state index in [1.807, 2.05) is 84.9 Å². The maximum atomic E-state index is 6.08. The van der Waals surface area contributed by atoms with E-state index in [0.29, 0.717) is 23.5 Å². The minimum Gasteiger partial charge on any atom is -0.436 e. The zero-order valence-corrected chi connectivity index (χ0v) is 31.6. The summed E-state index contributed by atoms with van der Waals surface area (Å²) < 4.78 is 10.7. The molecule has 0 bridgehead atoms. The standard InChI is InChI=1S/C52H32N6O/c1-3-14-34(15-4-1)49-54-50(35-16-5-2-6-17-35)56-52(55-49)58-45-24-11-8-21-40(45)42-31-30-41-39-20-7-10-23-44(39)57(47(41)48(42)58)38-19-13-18-37(32-38)33-26-28-36(29-27-33)51-53-43-22-9-12-25-46(43)59-51/h1-32H. The quantitative estimate of drug-likeness (QED) is 0.169. The van der Waals surface area contributed by atoms with Gasteiger partial charge in [0.05, 0.1) is 22.1 Å². The highest BCUT2D eigenvalue weighted by Crippen LogP contribution is 2.42. The zero-order valence-electron chi connectivity index (χ0n) is 31.6. The summed E-state index contributed by atoms with van der Waals surface area (Å²) in [5, 5.41) is 4.55. The second-order valence-corrected chi connectivity index (χ2v) is 14.7. The Hall–Kier alpha value is -8.16. The molecule has 7 heteroatoms. The molecule has 12 rings (SSSR count). The first-order chi connectivity index (χ1) is 29.2. The minimum atomic E-state index is 0.556. The number of fused-ring (bicyclic) bond motifs is 8. The highest BCUT2D eigenvalue weighted by molar-refractivity contribution is 6.23. The van der Waals surface area contributed by atoms with Crippen molar-refractivity contribution in [2.45, 2.75) is 0 Å². The average molecular weight is 757 g/mol. The zero-order chi connectivity index (χ0) is 38.9. The highest BCUT2D eigenvalue weighted by Gasteiger charge is 2.23. The summed E-state index contributed by atoms with van der Waals surface area (Å²) in [5.41, 5.74) is 11.9. The Labute approximate surface area is 338 Å². The van der Waals surface area contributed by atoms with Gasteiger partial charge in [-0.15, -0.1) is 0 Å². The molecule has 0 aliphatic carbocycles. The number of hydrogen-bond donors (Lipinski definition) is 0. The summed E-state index contributed by atoms with van der Waals surface area (Å²) in [5.74, 6) is 2.40. The van der Waals surface area contributed by atoms with Crippen LogP contribution in [0.4, 0.5) is 0 Å². The van der Waals surface area contributed by atoms with Gasteiger partial charge in [-0.05, 0) is 59.7 Å². The van der Waals surface area contributed by atoms with Crippen LogP contribution in [0.25, 0.3) is 112 Å². The molecule has 276 valence electrons. The van der Waals surface area contributed by atoms with E-state index in [1.165, 1.54) is 5.39 Å². The van der Waals surface area contributed by atoms with Gasteiger partial charge in [0.2, 0.25) is 11.8 Å². The van der Waals surface area contributed by atoms with E-state index < -0.39 is 0 Å². The van der Waals surface area contributed by atoms with Crippen LogP contribution in [0.2, 0.25) is 0 Å². The van der Waals surface area contributed by atoms with Crippen molar-refractivity contribution >= 4 is 54.7 Å². The van der Waals surface area contributed by atoms with E-state index in [9.17, 15) is 0 Å². The lowest BCUT2D eigenvalue weighted by Crippen LogP contribution is -2.07. The third-order valence-electron chi connectivity index (χ3n) is 11.2. The van der Waals surface area contributed by atoms with Crippen LogP contribution in [0.1, 0.15) is 0 Å². The first kappa shape index (κ1) is 33.0. The minimum absolute atomic E-state index is 0.556. The second kappa shape index (κ2) is 13.2. The first-order valence-corrected chi connectivity index (χ1v) is 19.6. The molecule has 4 aromatic heterocycles. The number of benzene rings is 8. The molecular formula is C52H32N6O. The highest BCUT2D eigenvalue weighted by atomic mass is 16.3. The topological polar surface area (TPSA) is 74.6 Å². The van der Waals surface area contributed by atoms with Gasteiger partial charge in [0.1, 0.15) is 5.52 Å². The normalized spacial score (nSPS) is 11.7. The molecule has 0 saturated carbocycles. The summed E-state index contributed by atoms with van der Waals surface area (Å²) in [7, 11) is 0. The molecule has 0 atom stereocenters. The molecule has 0 aliphatic heterocycles. The second-order valence-electron chi connectivity index (χ2n) is 14.7. The Morgan fingerprint density at radius 1 is 0.356 bits per heavy atom. The van der Waals surface area contributed by atoms with Gasteiger partial charge >= 0.3 is 0 Å². The number of rotatable bonds is 6. The van der Waals surface area contributed by atoms with Crippen LogP contribution < -0.4 is 0 Å². The van der Waals surface area contributed by atoms with E-state index in [-0.39, 0.29) is 0 Å². The predicted octanol–water partition coefficient (Wildman–Crippen LogP) is 12.9. The maximum absolute atomic E-state index is 6.08. The van der Waals surface area contributed by atoms with Crippen LogP contribution in [0.15, 0.2) is 199 Å². The molecule has 0 N–H and O–H groups in total. The fourth-order valence-corrected chi connectivity index (χ4v) is 8.50. The maximum Gasteiger partial charge on any atom is 0.238 e. The number of hydrogen-bond acceptors (Lipinski definition) is 5. The molecule has 0 unspecified atom stereocenters. The van der Waals surface area contributed by atoms with Crippen LogP contribution in [0, 0.1) is 0 Å². The molecule has 12 aromatic rings. The van der Waals surface area contributed by atoms with Crippen LogP contribution in [0.3, 0.4) is 0 Å². The molecule has 0 radical (unpaired) electrons. The van der Waals surface area contributed by atoms with Crippen LogP contribution in [-0.2, 0) is 0 Å². The molecule has 0 spiro atoms. The summed E-state index contributed by atoms with van der Waals surface area (Å²) in [6.07, 6.45) is 0. The lowest BCUT2D eigenvalue weighted by atomic mass is 10.0. The van der Waals surface area contributed by atoms with Crippen molar-refractivity contribution in [2.24, 2.45) is 0 Å². The third-order valence-corrected chi connectivity index (χ3v) is 11.2. The fraction of sp³-hybridized carbons (Fsp3) is 0. The van der Waals surface area contributed by atoms with E-state index in [2.05, 4.69) is 118 Å². The summed E-state index contributed by atoms with van der Waals surface area (Å²) >= 11 is 0. The van der Waals surface area contributed by atoms with Crippen LogP contribution in [-0.4, -0.2) is 29.1 Å². The number of nitrogens with zero attached hydrogens (tertiary/aromatic N) is 6. The molecule has 0 amide bonds. The van der Waals surface area contributed by atoms with Gasteiger partial charge in [-0.3, -0.25) is 4.57 Å². The van der Waals surface area contributed by atoms with E-state index >= 15 is 0 Å². The first-order valence-electron chi connectivity index (χ1n) is 19.6. The van der Waals surface area contributed by atoms with Crippen molar-refractivity contribution < 1.29 is 4.42 Å². The number of oxazole rings is 1. The number of aromatic nitrogens is 6. The van der Waals surface area contributed by atoms with Crippen LogP contribution >= 0.6 is 0 Å². The molecule has 4 heterocycles. The summed E-state index contributed by atoms with van der Waals surface area (Å²) in [6, 6.07) is 67.1. The van der Waals surface area contributed by atoms with Crippen molar-refractivity contribution in [3.63, 3.8) is 0 Å². The van der Waals surface area contributed by atoms with E-state index in [1.54, 1.807) is 0 Å². The molecule has 7 nitrogen and oxygen atoms in total. The van der Waals surface area contributed by atoms with Gasteiger partial charge in [-0.1, -0.05) is 146 Å².